The van der Waals surface area contributed by atoms with Crippen LogP contribution in [0, 0.1) is 0 Å². The third-order valence-electron chi connectivity index (χ3n) is 2.30. The Labute approximate surface area is 86.1 Å². The minimum Gasteiger partial charge on any atom is -0.383 e. The number of hydrogen-bond acceptors (Lipinski definition) is 2. The Morgan fingerprint density at radius 2 is 2.21 bits per heavy atom. The third kappa shape index (κ3) is 3.16. The molecule has 0 bridgehead atoms. The zero-order valence-electron chi connectivity index (χ0n) is 9.50. The van der Waals surface area contributed by atoms with Crippen LogP contribution in [-0.2, 0) is 18.3 Å². The molecular weight excluding hydrogens is 176 g/mol. The summed E-state index contributed by atoms with van der Waals surface area (Å²) < 4.78 is 7.26. The van der Waals surface area contributed by atoms with Gasteiger partial charge in [0.25, 0.3) is 0 Å². The van der Waals surface area contributed by atoms with Gasteiger partial charge in [-0.05, 0) is 26.0 Å². The first kappa shape index (κ1) is 11.3. The monoisotopic (exact) mass is 196 g/mol. The number of nitrogens with one attached hydrogen (secondary N) is 1. The van der Waals surface area contributed by atoms with E-state index in [2.05, 4.69) is 49.1 Å². The number of methoxy groups -OCH3 is 1. The molecule has 1 aromatic heterocycles. The van der Waals surface area contributed by atoms with Crippen LogP contribution < -0.4 is 5.32 Å². The fourth-order valence-electron chi connectivity index (χ4n) is 1.42. The van der Waals surface area contributed by atoms with Crippen LogP contribution in [0.15, 0.2) is 18.3 Å². The maximum Gasteiger partial charge on any atom is 0.0639 e. The van der Waals surface area contributed by atoms with Gasteiger partial charge in [-0.2, -0.15) is 0 Å². The summed E-state index contributed by atoms with van der Waals surface area (Å²) in [5, 5.41) is 3.46. The van der Waals surface area contributed by atoms with E-state index in [-0.39, 0.29) is 5.54 Å². The molecule has 0 spiro atoms. The van der Waals surface area contributed by atoms with Crippen molar-refractivity contribution in [2.45, 2.75) is 25.9 Å². The van der Waals surface area contributed by atoms with Crippen molar-refractivity contribution in [3.8, 4) is 0 Å². The summed E-state index contributed by atoms with van der Waals surface area (Å²) in [6, 6.07) is 4.18. The van der Waals surface area contributed by atoms with Crippen molar-refractivity contribution in [3.05, 3.63) is 24.0 Å². The maximum absolute atomic E-state index is 5.14. The van der Waals surface area contributed by atoms with Gasteiger partial charge in [0.05, 0.1) is 6.61 Å². The zero-order chi connectivity index (χ0) is 10.6. The molecule has 0 aliphatic heterocycles. The van der Waals surface area contributed by atoms with Gasteiger partial charge in [-0.3, -0.25) is 0 Å². The normalized spacial score (nSPS) is 12.0. The number of nitrogens with zero attached hydrogens (tertiary/aromatic N) is 1. The number of rotatable bonds is 5. The van der Waals surface area contributed by atoms with Crippen LogP contribution in [0.3, 0.4) is 0 Å². The molecule has 1 N–H and O–H groups in total. The predicted octanol–water partition coefficient (Wildman–Crippen LogP) is 1.54. The third-order valence-corrected chi connectivity index (χ3v) is 2.30. The summed E-state index contributed by atoms with van der Waals surface area (Å²) in [7, 11) is 3.78. The number of aromatic nitrogens is 1. The summed E-state index contributed by atoms with van der Waals surface area (Å²) in [4.78, 5) is 0. The minimum absolute atomic E-state index is 0.0268. The van der Waals surface area contributed by atoms with Crippen LogP contribution in [-0.4, -0.2) is 23.8 Å². The molecule has 80 valence electrons. The fourth-order valence-corrected chi connectivity index (χ4v) is 1.42. The van der Waals surface area contributed by atoms with Gasteiger partial charge in [0.2, 0.25) is 0 Å². The Morgan fingerprint density at radius 3 is 2.71 bits per heavy atom. The molecule has 1 heterocycles. The van der Waals surface area contributed by atoms with Gasteiger partial charge >= 0.3 is 0 Å². The molecule has 1 rings (SSSR count). The molecule has 0 aromatic carbocycles. The van der Waals surface area contributed by atoms with Gasteiger partial charge in [0, 0.05) is 38.1 Å². The summed E-state index contributed by atoms with van der Waals surface area (Å²) >= 11 is 0. The molecular formula is C11H20N2O. The molecule has 0 saturated carbocycles. The number of ether oxygens (including phenoxy) is 1. The van der Waals surface area contributed by atoms with Crippen molar-refractivity contribution < 1.29 is 4.74 Å². The molecule has 3 nitrogen and oxygen atoms in total. The highest BCUT2D eigenvalue weighted by atomic mass is 16.5. The van der Waals surface area contributed by atoms with Crippen LogP contribution >= 0.6 is 0 Å². The lowest BCUT2D eigenvalue weighted by Gasteiger charge is -2.25. The Hall–Kier alpha value is -0.800. The first-order valence-electron chi connectivity index (χ1n) is 4.89. The fraction of sp³-hybridized carbons (Fsp3) is 0.636. The highest BCUT2D eigenvalue weighted by molar-refractivity contribution is 5.06. The molecule has 0 amide bonds. The maximum atomic E-state index is 5.14. The summed E-state index contributed by atoms with van der Waals surface area (Å²) in [6.45, 7) is 5.87. The van der Waals surface area contributed by atoms with E-state index in [9.17, 15) is 0 Å². The van der Waals surface area contributed by atoms with Crippen molar-refractivity contribution in [1.82, 2.24) is 9.88 Å². The summed E-state index contributed by atoms with van der Waals surface area (Å²) in [6.07, 6.45) is 2.06. The van der Waals surface area contributed by atoms with Gasteiger partial charge < -0.3 is 14.6 Å². The highest BCUT2D eigenvalue weighted by Gasteiger charge is 2.16. The van der Waals surface area contributed by atoms with E-state index >= 15 is 0 Å². The van der Waals surface area contributed by atoms with Crippen molar-refractivity contribution in [3.63, 3.8) is 0 Å². The van der Waals surface area contributed by atoms with Gasteiger partial charge in [0.1, 0.15) is 0 Å². The molecule has 3 heteroatoms. The molecule has 0 fully saturated rings. The molecule has 1 aromatic rings. The number of aryl methyl sites for hydroxylation is 1. The van der Waals surface area contributed by atoms with E-state index in [0.29, 0.717) is 0 Å². The van der Waals surface area contributed by atoms with E-state index in [4.69, 9.17) is 4.74 Å². The van der Waals surface area contributed by atoms with Crippen LogP contribution in [0.25, 0.3) is 0 Å². The summed E-state index contributed by atoms with van der Waals surface area (Å²) in [5.74, 6) is 0. The minimum atomic E-state index is 0.0268. The lowest BCUT2D eigenvalue weighted by Crippen LogP contribution is -2.43. The zero-order valence-corrected chi connectivity index (χ0v) is 9.50. The standard InChI is InChI=1S/C11H20N2O/c1-11(2,9-14-4)12-8-10-6-5-7-13(10)3/h5-7,12H,8-9H2,1-4H3. The van der Waals surface area contributed by atoms with Crippen molar-refractivity contribution in [2.75, 3.05) is 13.7 Å². The average molecular weight is 196 g/mol. The van der Waals surface area contributed by atoms with E-state index in [1.807, 2.05) is 0 Å². The first-order valence-corrected chi connectivity index (χ1v) is 4.89. The van der Waals surface area contributed by atoms with Crippen LogP contribution in [0.1, 0.15) is 19.5 Å². The molecule has 14 heavy (non-hydrogen) atoms. The highest BCUT2D eigenvalue weighted by Crippen LogP contribution is 2.05. The first-order chi connectivity index (χ1) is 6.55. The Balaban J connectivity index is 2.44. The van der Waals surface area contributed by atoms with Crippen LogP contribution in [0.5, 0.6) is 0 Å². The SMILES string of the molecule is COCC(C)(C)NCc1cccn1C. The van der Waals surface area contributed by atoms with Gasteiger partial charge in [0.15, 0.2) is 0 Å². The van der Waals surface area contributed by atoms with Gasteiger partial charge in [-0.1, -0.05) is 0 Å². The second-order valence-electron chi connectivity index (χ2n) is 4.28. The molecule has 0 atom stereocenters. The smallest absolute Gasteiger partial charge is 0.0639 e. The molecule has 0 unspecified atom stereocenters. The predicted molar refractivity (Wildman–Crippen MR) is 58.2 cm³/mol. The van der Waals surface area contributed by atoms with E-state index < -0.39 is 0 Å². The lowest BCUT2D eigenvalue weighted by atomic mass is 10.1. The van der Waals surface area contributed by atoms with Gasteiger partial charge in [-0.25, -0.2) is 0 Å². The van der Waals surface area contributed by atoms with E-state index in [1.54, 1.807) is 7.11 Å². The second kappa shape index (κ2) is 4.62. The average Bonchev–Trinajstić information content (AvgIpc) is 2.48. The molecule has 0 aliphatic carbocycles. The van der Waals surface area contributed by atoms with E-state index in [1.165, 1.54) is 5.69 Å². The van der Waals surface area contributed by atoms with Crippen LogP contribution in [0.2, 0.25) is 0 Å². The Kier molecular flexibility index (Phi) is 3.72. The van der Waals surface area contributed by atoms with Crippen molar-refractivity contribution >= 4 is 0 Å². The Morgan fingerprint density at radius 1 is 1.50 bits per heavy atom. The quantitative estimate of drug-likeness (QED) is 0.773. The summed E-state index contributed by atoms with van der Waals surface area (Å²) in [5.41, 5.74) is 1.31. The largest absolute Gasteiger partial charge is 0.383 e. The van der Waals surface area contributed by atoms with Crippen molar-refractivity contribution in [2.24, 2.45) is 7.05 Å². The molecule has 0 radical (unpaired) electrons. The number of hydrogen-bond donors (Lipinski definition) is 1. The topological polar surface area (TPSA) is 26.2 Å². The lowest BCUT2D eigenvalue weighted by molar-refractivity contribution is 0.127. The molecule has 0 saturated heterocycles. The van der Waals surface area contributed by atoms with Gasteiger partial charge in [-0.15, -0.1) is 0 Å². The second-order valence-corrected chi connectivity index (χ2v) is 4.28. The molecule has 0 aliphatic rings. The van der Waals surface area contributed by atoms with E-state index in [0.717, 1.165) is 13.2 Å². The van der Waals surface area contributed by atoms with Crippen molar-refractivity contribution in [1.29, 1.82) is 0 Å². The Bertz CT molecular complexity index is 279. The van der Waals surface area contributed by atoms with Crippen LogP contribution in [0.4, 0.5) is 0 Å².